The molecule has 2 aromatic carbocycles. The Bertz CT molecular complexity index is 1200. The van der Waals surface area contributed by atoms with Gasteiger partial charge in [0.1, 0.15) is 5.82 Å². The van der Waals surface area contributed by atoms with Crippen LogP contribution in [0.25, 0.3) is 5.69 Å². The standard InChI is InChI=1S/C20H18FN3O4S/c1-13-5-4-6-14(9-13)24-20(15-11-29(26,27)12-17(15)23-24)22-19(25)10-28-18-8-3-2-7-16(18)21/h2-9H,10-12H2,1H3,(H,22,25). The summed E-state index contributed by atoms with van der Waals surface area (Å²) in [4.78, 5) is 12.5. The smallest absolute Gasteiger partial charge is 0.263 e. The van der Waals surface area contributed by atoms with Crippen LogP contribution >= 0.6 is 0 Å². The first-order valence-electron chi connectivity index (χ1n) is 8.88. The molecule has 1 aliphatic heterocycles. The minimum atomic E-state index is -3.30. The SMILES string of the molecule is Cc1cccc(-n2nc3c(c2NC(=O)COc2ccccc2F)CS(=O)(=O)C3)c1. The number of nitrogens with zero attached hydrogens (tertiary/aromatic N) is 2. The second-order valence-electron chi connectivity index (χ2n) is 6.82. The minimum absolute atomic E-state index is 0.0392. The van der Waals surface area contributed by atoms with Crippen LogP contribution in [0.15, 0.2) is 48.5 Å². The number of carbonyl (C=O) groups is 1. The summed E-state index contributed by atoms with van der Waals surface area (Å²) in [7, 11) is -3.30. The number of nitrogens with one attached hydrogen (secondary N) is 1. The molecule has 1 aromatic heterocycles. The molecule has 9 heteroatoms. The van der Waals surface area contributed by atoms with E-state index in [0.29, 0.717) is 16.9 Å². The van der Waals surface area contributed by atoms with E-state index in [1.165, 1.54) is 22.9 Å². The summed E-state index contributed by atoms with van der Waals surface area (Å²) in [5.41, 5.74) is 2.57. The fraction of sp³-hybridized carbons (Fsp3) is 0.200. The predicted molar refractivity (Wildman–Crippen MR) is 105 cm³/mol. The molecule has 4 rings (SSSR count). The van der Waals surface area contributed by atoms with Crippen molar-refractivity contribution in [3.05, 3.63) is 71.2 Å². The molecule has 0 fully saturated rings. The molecule has 7 nitrogen and oxygen atoms in total. The topological polar surface area (TPSA) is 90.3 Å². The van der Waals surface area contributed by atoms with Gasteiger partial charge in [-0.25, -0.2) is 17.5 Å². The number of ether oxygens (including phenoxy) is 1. The van der Waals surface area contributed by atoms with Gasteiger partial charge in [0.15, 0.2) is 28.0 Å². The lowest BCUT2D eigenvalue weighted by molar-refractivity contribution is -0.118. The van der Waals surface area contributed by atoms with E-state index in [4.69, 9.17) is 4.74 Å². The number of halogens is 1. The Morgan fingerprint density at radius 1 is 1.21 bits per heavy atom. The Morgan fingerprint density at radius 3 is 2.76 bits per heavy atom. The molecular weight excluding hydrogens is 397 g/mol. The molecule has 0 spiro atoms. The van der Waals surface area contributed by atoms with Crippen LogP contribution in [0, 0.1) is 12.7 Å². The van der Waals surface area contributed by atoms with Crippen LogP contribution in [-0.4, -0.2) is 30.7 Å². The average Bonchev–Trinajstić information content (AvgIpc) is 3.14. The van der Waals surface area contributed by atoms with Gasteiger partial charge in [-0.3, -0.25) is 4.79 Å². The summed E-state index contributed by atoms with van der Waals surface area (Å²) in [6.07, 6.45) is 0. The number of para-hydroxylation sites is 1. The molecule has 150 valence electrons. The van der Waals surface area contributed by atoms with Crippen molar-refractivity contribution in [3.8, 4) is 11.4 Å². The molecule has 0 saturated carbocycles. The van der Waals surface area contributed by atoms with E-state index in [9.17, 15) is 17.6 Å². The van der Waals surface area contributed by atoms with Gasteiger partial charge in [0.05, 0.1) is 22.9 Å². The van der Waals surface area contributed by atoms with Crippen molar-refractivity contribution in [1.82, 2.24) is 9.78 Å². The average molecular weight is 415 g/mol. The molecule has 0 saturated heterocycles. The number of anilines is 1. The highest BCUT2D eigenvalue weighted by atomic mass is 32.2. The van der Waals surface area contributed by atoms with Crippen LogP contribution in [0.5, 0.6) is 5.75 Å². The van der Waals surface area contributed by atoms with Gasteiger partial charge in [0.2, 0.25) is 0 Å². The number of fused-ring (bicyclic) bond motifs is 1. The Kier molecular flexibility index (Phi) is 4.83. The van der Waals surface area contributed by atoms with Crippen molar-refractivity contribution in [3.63, 3.8) is 0 Å². The van der Waals surface area contributed by atoms with Crippen LogP contribution in [0.2, 0.25) is 0 Å². The molecule has 0 bridgehead atoms. The second kappa shape index (κ2) is 7.32. The Hall–Kier alpha value is -3.20. The number of amides is 1. The summed E-state index contributed by atoms with van der Waals surface area (Å²) in [5.74, 6) is -1.24. The molecule has 0 radical (unpaired) electrons. The number of rotatable bonds is 5. The number of sulfone groups is 1. The van der Waals surface area contributed by atoms with Crippen LogP contribution in [0.4, 0.5) is 10.2 Å². The molecule has 0 aliphatic carbocycles. The van der Waals surface area contributed by atoms with E-state index in [-0.39, 0.29) is 23.1 Å². The number of carbonyl (C=O) groups excluding carboxylic acids is 1. The molecule has 29 heavy (non-hydrogen) atoms. The van der Waals surface area contributed by atoms with Gasteiger partial charge in [-0.15, -0.1) is 0 Å². The van der Waals surface area contributed by atoms with Gasteiger partial charge in [0.25, 0.3) is 5.91 Å². The van der Waals surface area contributed by atoms with Gasteiger partial charge < -0.3 is 10.1 Å². The fourth-order valence-corrected chi connectivity index (χ4v) is 4.68. The maximum atomic E-state index is 13.7. The number of benzene rings is 2. The second-order valence-corrected chi connectivity index (χ2v) is 8.89. The normalized spacial score (nSPS) is 14.4. The molecule has 1 aliphatic rings. The number of aryl methyl sites for hydroxylation is 1. The number of hydrogen-bond donors (Lipinski definition) is 1. The van der Waals surface area contributed by atoms with E-state index in [0.717, 1.165) is 5.56 Å². The third kappa shape index (κ3) is 4.00. The highest BCUT2D eigenvalue weighted by molar-refractivity contribution is 7.90. The maximum absolute atomic E-state index is 13.7. The summed E-state index contributed by atoms with van der Waals surface area (Å²) in [6, 6.07) is 13.2. The predicted octanol–water partition coefficient (Wildman–Crippen LogP) is 2.77. The number of aromatic nitrogens is 2. The molecule has 2 heterocycles. The molecule has 0 atom stereocenters. The zero-order chi connectivity index (χ0) is 20.6. The van der Waals surface area contributed by atoms with Gasteiger partial charge in [0, 0.05) is 5.56 Å². The molecule has 0 unspecified atom stereocenters. The minimum Gasteiger partial charge on any atom is -0.481 e. The van der Waals surface area contributed by atoms with Crippen molar-refractivity contribution < 1.29 is 22.3 Å². The van der Waals surface area contributed by atoms with Crippen molar-refractivity contribution in [1.29, 1.82) is 0 Å². The summed E-state index contributed by atoms with van der Waals surface area (Å²) in [6.45, 7) is 1.49. The number of hydrogen-bond acceptors (Lipinski definition) is 5. The Labute approximate surface area is 167 Å². The zero-order valence-corrected chi connectivity index (χ0v) is 16.4. The van der Waals surface area contributed by atoms with Gasteiger partial charge in [-0.2, -0.15) is 5.10 Å². The quantitative estimate of drug-likeness (QED) is 0.692. The lowest BCUT2D eigenvalue weighted by Gasteiger charge is -2.12. The van der Waals surface area contributed by atoms with Crippen LogP contribution < -0.4 is 10.1 Å². The fourth-order valence-electron chi connectivity index (χ4n) is 3.19. The van der Waals surface area contributed by atoms with Crippen molar-refractivity contribution in [2.75, 3.05) is 11.9 Å². The molecule has 3 aromatic rings. The van der Waals surface area contributed by atoms with Crippen molar-refractivity contribution in [2.45, 2.75) is 18.4 Å². The van der Waals surface area contributed by atoms with E-state index in [1.54, 1.807) is 6.07 Å². The Balaban J connectivity index is 1.62. The first-order valence-corrected chi connectivity index (χ1v) is 10.7. The van der Waals surface area contributed by atoms with Gasteiger partial charge in [-0.05, 0) is 36.8 Å². The van der Waals surface area contributed by atoms with Gasteiger partial charge >= 0.3 is 0 Å². The van der Waals surface area contributed by atoms with Crippen LogP contribution in [-0.2, 0) is 26.1 Å². The first-order chi connectivity index (χ1) is 13.8. The Morgan fingerprint density at radius 2 is 2.00 bits per heavy atom. The summed E-state index contributed by atoms with van der Waals surface area (Å²) in [5, 5.41) is 7.09. The van der Waals surface area contributed by atoms with Crippen LogP contribution in [0.1, 0.15) is 16.8 Å². The van der Waals surface area contributed by atoms with E-state index >= 15 is 0 Å². The third-order valence-corrected chi connectivity index (χ3v) is 5.93. The monoisotopic (exact) mass is 415 g/mol. The zero-order valence-electron chi connectivity index (χ0n) is 15.6. The largest absolute Gasteiger partial charge is 0.481 e. The third-order valence-electron chi connectivity index (χ3n) is 4.49. The maximum Gasteiger partial charge on any atom is 0.263 e. The summed E-state index contributed by atoms with van der Waals surface area (Å²) < 4.78 is 44.4. The van der Waals surface area contributed by atoms with Crippen LogP contribution in [0.3, 0.4) is 0 Å². The van der Waals surface area contributed by atoms with E-state index in [2.05, 4.69) is 10.4 Å². The lowest BCUT2D eigenvalue weighted by Crippen LogP contribution is -2.23. The van der Waals surface area contributed by atoms with Crippen molar-refractivity contribution >= 4 is 21.6 Å². The first kappa shape index (κ1) is 19.1. The van der Waals surface area contributed by atoms with E-state index in [1.807, 2.05) is 31.2 Å². The van der Waals surface area contributed by atoms with E-state index < -0.39 is 28.2 Å². The summed E-state index contributed by atoms with van der Waals surface area (Å²) >= 11 is 0. The lowest BCUT2D eigenvalue weighted by atomic mass is 10.2. The molecule has 1 amide bonds. The van der Waals surface area contributed by atoms with Crippen molar-refractivity contribution in [2.24, 2.45) is 0 Å². The highest BCUT2D eigenvalue weighted by Crippen LogP contribution is 2.33. The van der Waals surface area contributed by atoms with Gasteiger partial charge in [-0.1, -0.05) is 24.3 Å². The molecule has 1 N–H and O–H groups in total. The highest BCUT2D eigenvalue weighted by Gasteiger charge is 2.33. The molecular formula is C20H18FN3O4S.